The molecule has 0 radical (unpaired) electrons. The van der Waals surface area contributed by atoms with E-state index < -0.39 is 65.5 Å². The van der Waals surface area contributed by atoms with E-state index in [-0.39, 0.29) is 30.5 Å². The Morgan fingerprint density at radius 3 is 2.51 bits per heavy atom. The second-order valence-corrected chi connectivity index (χ2v) is 10.8. The lowest BCUT2D eigenvalue weighted by Gasteiger charge is -2.40. The number of hydrogen-bond acceptors (Lipinski definition) is 6. The van der Waals surface area contributed by atoms with Gasteiger partial charge in [-0.05, 0) is 42.7 Å². The summed E-state index contributed by atoms with van der Waals surface area (Å²) in [7, 11) is 1.10. The first kappa shape index (κ1) is 30.7. The number of pyridine rings is 1. The Kier molecular flexibility index (Phi) is 8.15. The molecule has 2 unspecified atom stereocenters. The van der Waals surface area contributed by atoms with Crippen molar-refractivity contribution < 1.29 is 40.3 Å². The number of nitrogens with zero attached hydrogens (tertiary/aromatic N) is 4. The van der Waals surface area contributed by atoms with Gasteiger partial charge in [-0.25, -0.2) is 27.5 Å². The van der Waals surface area contributed by atoms with Crippen LogP contribution in [-0.4, -0.2) is 63.7 Å². The molecule has 2 aromatic heterocycles. The third kappa shape index (κ3) is 6.18. The van der Waals surface area contributed by atoms with E-state index in [0.717, 1.165) is 25.4 Å². The molecule has 8 nitrogen and oxygen atoms in total. The number of halogens is 7. The third-order valence-electron chi connectivity index (χ3n) is 8.08. The quantitative estimate of drug-likeness (QED) is 0.359. The van der Waals surface area contributed by atoms with Gasteiger partial charge in [0.25, 0.3) is 5.92 Å². The van der Waals surface area contributed by atoms with Crippen molar-refractivity contribution in [3.63, 3.8) is 0 Å². The summed E-state index contributed by atoms with van der Waals surface area (Å²) in [4.78, 5) is 22.9. The summed E-state index contributed by atoms with van der Waals surface area (Å²) in [6, 6.07) is 0.408. The Balaban J connectivity index is 1.32. The van der Waals surface area contributed by atoms with Crippen LogP contribution in [0.1, 0.15) is 60.3 Å². The third-order valence-corrected chi connectivity index (χ3v) is 8.08. The smallest absolute Gasteiger partial charge is 0.407 e. The molecule has 2 aliphatic rings. The van der Waals surface area contributed by atoms with E-state index in [1.54, 1.807) is 10.8 Å². The summed E-state index contributed by atoms with van der Waals surface area (Å²) in [6.07, 6.45) is -1.84. The van der Waals surface area contributed by atoms with Gasteiger partial charge < -0.3 is 20.4 Å². The number of likely N-dealkylation sites (tertiary alicyclic amines) is 1. The van der Waals surface area contributed by atoms with E-state index in [1.165, 1.54) is 24.0 Å². The van der Waals surface area contributed by atoms with Crippen LogP contribution in [0.3, 0.4) is 0 Å². The lowest BCUT2D eigenvalue weighted by molar-refractivity contribution is -0.149. The molecule has 4 atom stereocenters. The number of benzene rings is 1. The molecule has 1 amide bonds. The highest BCUT2D eigenvalue weighted by atomic mass is 19.4. The zero-order chi connectivity index (χ0) is 31.3. The number of carbonyl (C=O) groups is 1. The average molecular weight is 615 g/mol. The van der Waals surface area contributed by atoms with E-state index in [1.807, 2.05) is 0 Å². The fraction of sp³-hybridized carbons (Fsp3) is 0.464. The van der Waals surface area contributed by atoms with Gasteiger partial charge in [0.05, 0.1) is 25.1 Å². The fourth-order valence-electron chi connectivity index (χ4n) is 5.72. The van der Waals surface area contributed by atoms with Crippen LogP contribution in [0.5, 0.6) is 5.88 Å². The molecular formula is C28H29F7N6O2. The molecular weight excluding hydrogens is 585 g/mol. The Labute approximate surface area is 242 Å². The number of imidazole rings is 1. The highest BCUT2D eigenvalue weighted by Gasteiger charge is 2.47. The molecule has 15 heteroatoms. The lowest BCUT2D eigenvalue weighted by atomic mass is 9.86. The maximum Gasteiger partial charge on any atom is 0.407 e. The normalized spacial score (nSPS) is 21.7. The van der Waals surface area contributed by atoms with E-state index in [4.69, 9.17) is 10.5 Å². The number of alkyl halides is 5. The number of rotatable bonds is 7. The summed E-state index contributed by atoms with van der Waals surface area (Å²) in [6.45, 7) is 1.03. The molecule has 0 spiro atoms. The van der Waals surface area contributed by atoms with Crippen LogP contribution in [0.15, 0.2) is 36.7 Å². The van der Waals surface area contributed by atoms with Gasteiger partial charge in [-0.3, -0.25) is 9.69 Å². The van der Waals surface area contributed by atoms with Crippen molar-refractivity contribution in [2.45, 2.75) is 62.3 Å². The van der Waals surface area contributed by atoms with Crippen LogP contribution in [0.2, 0.25) is 0 Å². The zero-order valence-electron chi connectivity index (χ0n) is 23.1. The number of ether oxygens (including phenoxy) is 1. The summed E-state index contributed by atoms with van der Waals surface area (Å²) in [5, 5.41) is 2.68. The van der Waals surface area contributed by atoms with Gasteiger partial charge in [0, 0.05) is 50.0 Å². The molecule has 3 N–H and O–H groups in total. The van der Waals surface area contributed by atoms with Crippen molar-refractivity contribution >= 4 is 11.7 Å². The van der Waals surface area contributed by atoms with E-state index in [0.29, 0.717) is 24.2 Å². The van der Waals surface area contributed by atoms with Crippen molar-refractivity contribution in [1.82, 2.24) is 19.4 Å². The number of nitrogens with two attached hydrogens (primary N) is 1. The van der Waals surface area contributed by atoms with Gasteiger partial charge in [0.2, 0.25) is 11.8 Å². The van der Waals surface area contributed by atoms with Crippen molar-refractivity contribution in [3.8, 4) is 5.88 Å². The Morgan fingerprint density at radius 2 is 1.86 bits per heavy atom. The van der Waals surface area contributed by atoms with Crippen LogP contribution in [0.25, 0.3) is 0 Å². The van der Waals surface area contributed by atoms with Crippen molar-refractivity contribution in [2.75, 3.05) is 25.5 Å². The van der Waals surface area contributed by atoms with Gasteiger partial charge >= 0.3 is 6.18 Å². The standard InChI is InChI=1S/C28H29F7N6O2/c1-14(25(42)39-22-13-41-21(3-4-23(41)38-22)15-7-17(29)10-18(30)8-15)40-6-5-27(31,32)20(12-40)16-9-19(24(36)28(33,34)35)26(43-2)37-11-16/h7-11,13-14,20-21,24H,3-6,12,36H2,1-2H3,(H,39,42)/t14-,20?,21+,24?/m0/s1. The first-order valence-electron chi connectivity index (χ1n) is 13.5. The van der Waals surface area contributed by atoms with Gasteiger partial charge in [0.15, 0.2) is 5.82 Å². The number of methoxy groups -OCH3 is 1. The summed E-state index contributed by atoms with van der Waals surface area (Å²) in [5.74, 6) is -6.44. The van der Waals surface area contributed by atoms with Gasteiger partial charge in [-0.15, -0.1) is 0 Å². The molecule has 3 aromatic rings. The first-order valence-corrected chi connectivity index (χ1v) is 13.5. The summed E-state index contributed by atoms with van der Waals surface area (Å²) in [5.41, 5.74) is 5.04. The van der Waals surface area contributed by atoms with Gasteiger partial charge in [-0.2, -0.15) is 13.2 Å². The monoisotopic (exact) mass is 614 g/mol. The van der Waals surface area contributed by atoms with Crippen molar-refractivity contribution in [3.05, 3.63) is 70.8 Å². The number of piperidine rings is 1. The summed E-state index contributed by atoms with van der Waals surface area (Å²) >= 11 is 0. The highest BCUT2D eigenvalue weighted by molar-refractivity contribution is 5.93. The number of aryl methyl sites for hydroxylation is 1. The molecule has 0 saturated carbocycles. The van der Waals surface area contributed by atoms with Crippen LogP contribution in [-0.2, 0) is 11.2 Å². The number of amides is 1. The van der Waals surface area contributed by atoms with E-state index in [9.17, 15) is 26.7 Å². The van der Waals surface area contributed by atoms with Crippen LogP contribution < -0.4 is 15.8 Å². The Morgan fingerprint density at radius 1 is 1.16 bits per heavy atom. The molecule has 1 saturated heterocycles. The molecule has 5 rings (SSSR count). The van der Waals surface area contributed by atoms with Crippen LogP contribution in [0.4, 0.5) is 36.6 Å². The molecule has 232 valence electrons. The number of fused-ring (bicyclic) bond motifs is 1. The minimum Gasteiger partial charge on any atom is -0.481 e. The molecule has 1 aromatic carbocycles. The number of hydrogen-bond donors (Lipinski definition) is 2. The molecule has 43 heavy (non-hydrogen) atoms. The number of carbonyl (C=O) groups excluding carboxylic acids is 1. The number of anilines is 1. The number of aromatic nitrogens is 3. The van der Waals surface area contributed by atoms with Crippen molar-refractivity contribution in [2.24, 2.45) is 5.73 Å². The fourth-order valence-corrected chi connectivity index (χ4v) is 5.72. The molecule has 2 aliphatic heterocycles. The highest BCUT2D eigenvalue weighted by Crippen LogP contribution is 2.43. The Hall–Kier alpha value is -3.72. The molecule has 1 fully saturated rings. The largest absolute Gasteiger partial charge is 0.481 e. The maximum absolute atomic E-state index is 15.1. The Bertz CT molecular complexity index is 1490. The lowest BCUT2D eigenvalue weighted by Crippen LogP contribution is -2.52. The topological polar surface area (TPSA) is 98.3 Å². The maximum atomic E-state index is 15.1. The van der Waals surface area contributed by atoms with Crippen LogP contribution in [0, 0.1) is 11.6 Å². The molecule has 0 aliphatic carbocycles. The summed E-state index contributed by atoms with van der Waals surface area (Å²) < 4.78 is 104. The van der Waals surface area contributed by atoms with Gasteiger partial charge in [0.1, 0.15) is 23.5 Å². The average Bonchev–Trinajstić information content (AvgIpc) is 3.51. The second kappa shape index (κ2) is 11.4. The SMILES string of the molecule is COc1ncc(C2CN([C@@H](C)C(=O)Nc3cn4c(n3)CC[C@@H]4c3cc(F)cc(F)c3)CCC2(F)F)cc1C(N)C(F)(F)F. The van der Waals surface area contributed by atoms with E-state index in [2.05, 4.69) is 15.3 Å². The predicted molar refractivity (Wildman–Crippen MR) is 141 cm³/mol. The molecule has 0 bridgehead atoms. The number of nitrogens with one attached hydrogen (secondary N) is 1. The van der Waals surface area contributed by atoms with Gasteiger partial charge in [-0.1, -0.05) is 0 Å². The minimum atomic E-state index is -4.86. The van der Waals surface area contributed by atoms with Crippen LogP contribution >= 0.6 is 0 Å². The zero-order valence-corrected chi connectivity index (χ0v) is 23.1. The van der Waals surface area contributed by atoms with Crippen molar-refractivity contribution in [1.29, 1.82) is 0 Å². The minimum absolute atomic E-state index is 0.149. The second-order valence-electron chi connectivity index (χ2n) is 10.8. The first-order chi connectivity index (χ1) is 20.2. The van der Waals surface area contributed by atoms with E-state index >= 15 is 8.78 Å². The predicted octanol–water partition coefficient (Wildman–Crippen LogP) is 5.11. The molecule has 4 heterocycles.